The number of hydrogen-bond acceptors (Lipinski definition) is 5. The third-order valence-electron chi connectivity index (χ3n) is 5.81. The Morgan fingerprint density at radius 2 is 1.91 bits per heavy atom. The van der Waals surface area contributed by atoms with Gasteiger partial charge >= 0.3 is 0 Å². The summed E-state index contributed by atoms with van der Waals surface area (Å²) < 4.78 is 12.8. The van der Waals surface area contributed by atoms with E-state index in [4.69, 9.17) is 9.47 Å². The Hall–Kier alpha value is -2.63. The number of ether oxygens (including phenoxy) is 2. The van der Waals surface area contributed by atoms with Gasteiger partial charge in [-0.3, -0.25) is 9.89 Å². The number of aromatic nitrogens is 2. The molecule has 1 unspecified atom stereocenters. The number of morpholine rings is 1. The summed E-state index contributed by atoms with van der Waals surface area (Å²) in [6.45, 7) is 4.73. The Morgan fingerprint density at radius 3 is 2.59 bits per heavy atom. The molecule has 1 fully saturated rings. The van der Waals surface area contributed by atoms with Gasteiger partial charge in [0.15, 0.2) is 5.96 Å². The maximum absolute atomic E-state index is 5.57. The van der Waals surface area contributed by atoms with Crippen molar-refractivity contribution >= 4 is 29.9 Å². The zero-order valence-corrected chi connectivity index (χ0v) is 22.0. The average Bonchev–Trinajstić information content (AvgIpc) is 3.42. The zero-order chi connectivity index (χ0) is 22.9. The summed E-state index contributed by atoms with van der Waals surface area (Å²) in [6.07, 6.45) is 3.72. The highest BCUT2D eigenvalue weighted by atomic mass is 127. The highest BCUT2D eigenvalue weighted by Crippen LogP contribution is 2.23. The Balaban J connectivity index is 0.00000324. The first-order valence-corrected chi connectivity index (χ1v) is 11.3. The summed E-state index contributed by atoms with van der Waals surface area (Å²) >= 11 is 0. The van der Waals surface area contributed by atoms with E-state index in [1.165, 1.54) is 5.56 Å². The number of halogens is 1. The van der Waals surface area contributed by atoms with Crippen LogP contribution in [0, 0.1) is 0 Å². The van der Waals surface area contributed by atoms with Crippen molar-refractivity contribution in [3.05, 3.63) is 78.1 Å². The summed E-state index contributed by atoms with van der Waals surface area (Å²) in [5.41, 5.74) is 3.44. The summed E-state index contributed by atoms with van der Waals surface area (Å²) in [4.78, 5) is 6.88. The van der Waals surface area contributed by atoms with E-state index in [0.29, 0.717) is 6.54 Å². The van der Waals surface area contributed by atoms with Crippen LogP contribution in [0.25, 0.3) is 5.69 Å². The fourth-order valence-corrected chi connectivity index (χ4v) is 4.00. The van der Waals surface area contributed by atoms with Crippen molar-refractivity contribution in [2.45, 2.75) is 12.6 Å². The summed E-state index contributed by atoms with van der Waals surface area (Å²) in [6, 6.07) is 18.8. The van der Waals surface area contributed by atoms with Crippen LogP contribution in [0.3, 0.4) is 0 Å². The second-order valence-electron chi connectivity index (χ2n) is 7.86. The summed E-state index contributed by atoms with van der Waals surface area (Å²) in [5.74, 6) is 1.63. The first-order chi connectivity index (χ1) is 16.3. The van der Waals surface area contributed by atoms with Gasteiger partial charge in [-0.15, -0.1) is 24.0 Å². The molecule has 4 rings (SSSR count). The van der Waals surface area contributed by atoms with Crippen molar-refractivity contribution in [3.8, 4) is 11.4 Å². The number of nitrogens with one attached hydrogen (secondary N) is 2. The van der Waals surface area contributed by atoms with Gasteiger partial charge < -0.3 is 20.1 Å². The van der Waals surface area contributed by atoms with E-state index in [1.807, 2.05) is 41.2 Å². The van der Waals surface area contributed by atoms with E-state index in [1.54, 1.807) is 20.4 Å². The summed E-state index contributed by atoms with van der Waals surface area (Å²) in [7, 11) is 3.49. The second-order valence-corrected chi connectivity index (χ2v) is 7.86. The van der Waals surface area contributed by atoms with E-state index < -0.39 is 0 Å². The molecule has 0 bridgehead atoms. The molecular formula is C25H33IN6O2. The molecule has 0 spiro atoms. The van der Waals surface area contributed by atoms with E-state index in [2.05, 4.69) is 49.9 Å². The lowest BCUT2D eigenvalue weighted by molar-refractivity contribution is 0.0170. The third-order valence-corrected chi connectivity index (χ3v) is 5.81. The molecule has 3 aromatic rings. The fraction of sp³-hybridized carbons (Fsp3) is 0.360. The molecule has 1 aliphatic heterocycles. The van der Waals surface area contributed by atoms with Gasteiger partial charge in [0.1, 0.15) is 5.75 Å². The average molecular weight is 576 g/mol. The minimum Gasteiger partial charge on any atom is -0.497 e. The zero-order valence-electron chi connectivity index (χ0n) is 19.7. The largest absolute Gasteiger partial charge is 0.497 e. The van der Waals surface area contributed by atoms with Crippen LogP contribution in [0.15, 0.2) is 72.0 Å². The third kappa shape index (κ3) is 6.94. The van der Waals surface area contributed by atoms with Crippen LogP contribution in [-0.4, -0.2) is 67.6 Å². The first kappa shape index (κ1) is 26.0. The standard InChI is InChI=1S/C25H32N6O2.HI/c1-26-25(27-18-20-5-3-6-22(17-20)31-12-4-11-29-31)28-19-24(30-13-15-33-16-14-30)21-7-9-23(32-2)10-8-21;/h3-12,17,24H,13-16,18-19H2,1-2H3,(H2,26,27,28);1H. The molecule has 1 saturated heterocycles. The second kappa shape index (κ2) is 13.3. The van der Waals surface area contributed by atoms with Crippen molar-refractivity contribution in [2.75, 3.05) is 47.0 Å². The molecular weight excluding hydrogens is 543 g/mol. The van der Waals surface area contributed by atoms with E-state index in [-0.39, 0.29) is 30.0 Å². The van der Waals surface area contributed by atoms with Crippen LogP contribution in [0.5, 0.6) is 5.75 Å². The van der Waals surface area contributed by atoms with Crippen molar-refractivity contribution in [2.24, 2.45) is 4.99 Å². The molecule has 1 atom stereocenters. The molecule has 8 nitrogen and oxygen atoms in total. The molecule has 9 heteroatoms. The molecule has 2 N–H and O–H groups in total. The van der Waals surface area contributed by atoms with E-state index in [0.717, 1.165) is 55.8 Å². The Morgan fingerprint density at radius 1 is 1.12 bits per heavy atom. The van der Waals surface area contributed by atoms with Gasteiger partial charge in [-0.05, 0) is 41.5 Å². The number of nitrogens with zero attached hydrogens (tertiary/aromatic N) is 4. The van der Waals surface area contributed by atoms with E-state index >= 15 is 0 Å². The molecule has 34 heavy (non-hydrogen) atoms. The number of guanidine groups is 1. The lowest BCUT2D eigenvalue weighted by Crippen LogP contribution is -2.46. The van der Waals surface area contributed by atoms with Crippen LogP contribution in [0.2, 0.25) is 0 Å². The SMILES string of the molecule is CN=C(NCc1cccc(-n2cccn2)c1)NCC(c1ccc(OC)cc1)N1CCOCC1.I. The number of benzene rings is 2. The van der Waals surface area contributed by atoms with Gasteiger partial charge in [-0.25, -0.2) is 4.68 Å². The smallest absolute Gasteiger partial charge is 0.191 e. The maximum atomic E-state index is 5.57. The van der Waals surface area contributed by atoms with Crippen molar-refractivity contribution in [1.82, 2.24) is 25.3 Å². The van der Waals surface area contributed by atoms with Crippen LogP contribution in [0.1, 0.15) is 17.2 Å². The Bertz CT molecular complexity index is 1020. The predicted octanol–water partition coefficient (Wildman–Crippen LogP) is 3.24. The highest BCUT2D eigenvalue weighted by molar-refractivity contribution is 14.0. The fourth-order valence-electron chi connectivity index (χ4n) is 4.00. The van der Waals surface area contributed by atoms with E-state index in [9.17, 15) is 0 Å². The number of hydrogen-bond donors (Lipinski definition) is 2. The number of methoxy groups -OCH3 is 1. The molecule has 1 aliphatic rings. The van der Waals surface area contributed by atoms with Crippen LogP contribution < -0.4 is 15.4 Å². The molecule has 1 aromatic heterocycles. The van der Waals surface area contributed by atoms with Crippen LogP contribution in [-0.2, 0) is 11.3 Å². The number of aliphatic imine (C=N–C) groups is 1. The van der Waals surface area contributed by atoms with Crippen LogP contribution >= 0.6 is 24.0 Å². The minimum absolute atomic E-state index is 0. The number of rotatable bonds is 8. The van der Waals surface area contributed by atoms with Crippen molar-refractivity contribution in [3.63, 3.8) is 0 Å². The predicted molar refractivity (Wildman–Crippen MR) is 145 cm³/mol. The van der Waals surface area contributed by atoms with Gasteiger partial charge in [-0.1, -0.05) is 24.3 Å². The molecule has 2 heterocycles. The van der Waals surface area contributed by atoms with Gasteiger partial charge in [0.2, 0.25) is 0 Å². The van der Waals surface area contributed by atoms with Gasteiger partial charge in [0, 0.05) is 45.6 Å². The Labute approximate surface area is 218 Å². The van der Waals surface area contributed by atoms with Crippen molar-refractivity contribution in [1.29, 1.82) is 0 Å². The van der Waals surface area contributed by atoms with Gasteiger partial charge in [0.05, 0.1) is 32.1 Å². The normalized spacial score (nSPS) is 15.3. The first-order valence-electron chi connectivity index (χ1n) is 11.3. The molecule has 0 amide bonds. The van der Waals surface area contributed by atoms with Crippen LogP contribution in [0.4, 0.5) is 0 Å². The van der Waals surface area contributed by atoms with Gasteiger partial charge in [0.25, 0.3) is 0 Å². The lowest BCUT2D eigenvalue weighted by atomic mass is 10.0. The molecule has 0 aliphatic carbocycles. The molecule has 0 saturated carbocycles. The lowest BCUT2D eigenvalue weighted by Gasteiger charge is -2.35. The summed E-state index contributed by atoms with van der Waals surface area (Å²) in [5, 5.41) is 11.3. The molecule has 182 valence electrons. The maximum Gasteiger partial charge on any atom is 0.191 e. The topological polar surface area (TPSA) is 75.9 Å². The monoisotopic (exact) mass is 576 g/mol. The molecule has 2 aromatic carbocycles. The quantitative estimate of drug-likeness (QED) is 0.244. The van der Waals surface area contributed by atoms with Gasteiger partial charge in [-0.2, -0.15) is 5.10 Å². The minimum atomic E-state index is 0. The van der Waals surface area contributed by atoms with Crippen molar-refractivity contribution < 1.29 is 9.47 Å². The Kier molecular flexibility index (Phi) is 10.2. The molecule has 0 radical (unpaired) electrons. The highest BCUT2D eigenvalue weighted by Gasteiger charge is 2.23.